The number of aromatic nitrogens is 1. The summed E-state index contributed by atoms with van der Waals surface area (Å²) in [5.41, 5.74) is -0.0124. The van der Waals surface area contributed by atoms with E-state index in [9.17, 15) is 9.59 Å². The molecule has 0 aliphatic rings. The van der Waals surface area contributed by atoms with Gasteiger partial charge < -0.3 is 10.4 Å². The number of amides is 1. The lowest BCUT2D eigenvalue weighted by Crippen LogP contribution is -2.16. The van der Waals surface area contributed by atoms with E-state index in [1.54, 1.807) is 11.8 Å². The quantitative estimate of drug-likeness (QED) is 0.802. The smallest absolute Gasteiger partial charge is 0.339 e. The molecule has 5 nitrogen and oxygen atoms in total. The minimum Gasteiger partial charge on any atom is -0.478 e. The van der Waals surface area contributed by atoms with Crippen molar-refractivity contribution in [1.82, 2.24) is 4.98 Å². The molecule has 0 spiro atoms. The molecule has 0 saturated heterocycles. The average Bonchev–Trinajstić information content (AvgIpc) is 2.48. The van der Waals surface area contributed by atoms with Crippen LogP contribution >= 0.6 is 11.8 Å². The van der Waals surface area contributed by atoms with Gasteiger partial charge in [0.1, 0.15) is 11.4 Å². The molecule has 2 N–H and O–H groups in total. The fraction of sp³-hybridized carbons (Fsp3) is 0.133. The Morgan fingerprint density at radius 2 is 1.90 bits per heavy atom. The molecule has 0 saturated carbocycles. The summed E-state index contributed by atoms with van der Waals surface area (Å²) in [5, 5.41) is 11.5. The Kier molecular flexibility index (Phi) is 5.34. The summed E-state index contributed by atoms with van der Waals surface area (Å²) in [6.07, 6.45) is 1.73. The molecule has 2 rings (SSSR count). The van der Waals surface area contributed by atoms with Crippen LogP contribution in [0.15, 0.2) is 53.6 Å². The van der Waals surface area contributed by atoms with E-state index in [2.05, 4.69) is 10.3 Å². The Hall–Kier alpha value is -2.34. The molecule has 0 radical (unpaired) electrons. The molecule has 1 amide bonds. The highest BCUT2D eigenvalue weighted by Gasteiger charge is 2.12. The van der Waals surface area contributed by atoms with E-state index < -0.39 is 5.97 Å². The van der Waals surface area contributed by atoms with E-state index in [0.717, 1.165) is 4.90 Å². The van der Waals surface area contributed by atoms with E-state index in [4.69, 9.17) is 5.11 Å². The van der Waals surface area contributed by atoms with Gasteiger partial charge in [0.25, 0.3) is 0 Å². The number of anilines is 1. The second-order valence-electron chi connectivity index (χ2n) is 4.16. The van der Waals surface area contributed by atoms with Gasteiger partial charge in [-0.05, 0) is 24.3 Å². The average molecular weight is 302 g/mol. The molecule has 2 aromatic rings. The normalized spacial score (nSPS) is 10.1. The first-order valence-electron chi connectivity index (χ1n) is 6.33. The van der Waals surface area contributed by atoms with Gasteiger partial charge in [-0.3, -0.25) is 4.79 Å². The summed E-state index contributed by atoms with van der Waals surface area (Å²) in [7, 11) is 0. The molecule has 0 aliphatic heterocycles. The van der Waals surface area contributed by atoms with Crippen LogP contribution in [0.4, 0.5) is 5.82 Å². The topological polar surface area (TPSA) is 79.3 Å². The predicted octanol–water partition coefficient (Wildman–Crippen LogP) is 2.90. The number of carboxylic acid groups (broad SMARTS) is 1. The third kappa shape index (κ3) is 4.61. The first-order chi connectivity index (χ1) is 10.2. The number of thioether (sulfide) groups is 1. The number of hydrogen-bond acceptors (Lipinski definition) is 4. The lowest BCUT2D eigenvalue weighted by molar-refractivity contribution is -0.115. The Bertz CT molecular complexity index is 632. The van der Waals surface area contributed by atoms with Gasteiger partial charge in [0.15, 0.2) is 0 Å². The summed E-state index contributed by atoms with van der Waals surface area (Å²) in [6, 6.07) is 12.7. The van der Waals surface area contributed by atoms with Crippen LogP contribution in [0.1, 0.15) is 16.8 Å². The van der Waals surface area contributed by atoms with E-state index in [0.29, 0.717) is 5.75 Å². The number of carbonyl (C=O) groups is 2. The Morgan fingerprint density at radius 1 is 1.14 bits per heavy atom. The number of nitrogens with one attached hydrogen (secondary N) is 1. The van der Waals surface area contributed by atoms with Crippen molar-refractivity contribution in [2.24, 2.45) is 0 Å². The van der Waals surface area contributed by atoms with E-state index >= 15 is 0 Å². The number of pyridine rings is 1. The first-order valence-corrected chi connectivity index (χ1v) is 7.31. The van der Waals surface area contributed by atoms with Crippen LogP contribution in [0.5, 0.6) is 0 Å². The molecule has 1 heterocycles. The zero-order chi connectivity index (χ0) is 15.1. The van der Waals surface area contributed by atoms with Crippen molar-refractivity contribution < 1.29 is 14.7 Å². The molecular weight excluding hydrogens is 288 g/mol. The van der Waals surface area contributed by atoms with Gasteiger partial charge in [0.2, 0.25) is 5.91 Å². The Morgan fingerprint density at radius 3 is 2.62 bits per heavy atom. The van der Waals surface area contributed by atoms with Crippen molar-refractivity contribution in [2.45, 2.75) is 11.3 Å². The van der Waals surface area contributed by atoms with Crippen molar-refractivity contribution in [1.29, 1.82) is 0 Å². The van der Waals surface area contributed by atoms with Crippen molar-refractivity contribution in [2.75, 3.05) is 11.1 Å². The molecular formula is C15H14N2O3S. The lowest BCUT2D eigenvalue weighted by Gasteiger charge is -2.07. The van der Waals surface area contributed by atoms with E-state index in [-0.39, 0.29) is 23.7 Å². The summed E-state index contributed by atoms with van der Waals surface area (Å²) >= 11 is 1.57. The zero-order valence-corrected chi connectivity index (χ0v) is 12.0. The summed E-state index contributed by atoms with van der Waals surface area (Å²) < 4.78 is 0. The Balaban J connectivity index is 1.86. The minimum absolute atomic E-state index is 0.0124. The molecule has 0 fully saturated rings. The molecule has 0 bridgehead atoms. The maximum absolute atomic E-state index is 11.8. The SMILES string of the molecule is O=C(CCSc1ccccc1)Nc1ncccc1C(=O)O. The molecule has 1 aromatic carbocycles. The third-order valence-electron chi connectivity index (χ3n) is 2.64. The van der Waals surface area contributed by atoms with Crippen LogP contribution in [-0.4, -0.2) is 27.7 Å². The molecule has 21 heavy (non-hydrogen) atoms. The number of hydrogen-bond donors (Lipinski definition) is 2. The van der Waals surface area contributed by atoms with Gasteiger partial charge in [0, 0.05) is 23.3 Å². The van der Waals surface area contributed by atoms with Gasteiger partial charge in [-0.25, -0.2) is 9.78 Å². The summed E-state index contributed by atoms with van der Waals surface area (Å²) in [4.78, 5) is 27.8. The van der Waals surface area contributed by atoms with Gasteiger partial charge >= 0.3 is 5.97 Å². The van der Waals surface area contributed by atoms with Gasteiger partial charge in [-0.15, -0.1) is 11.8 Å². The minimum atomic E-state index is -1.11. The maximum atomic E-state index is 11.8. The summed E-state index contributed by atoms with van der Waals surface area (Å²) in [5.74, 6) is -0.665. The standard InChI is InChI=1S/C15H14N2O3S/c18-13(8-10-21-11-5-2-1-3-6-11)17-14-12(15(19)20)7-4-9-16-14/h1-7,9H,8,10H2,(H,19,20)(H,16,17,18). The van der Waals surface area contributed by atoms with E-state index in [1.807, 2.05) is 30.3 Å². The number of rotatable bonds is 6. The molecule has 108 valence electrons. The van der Waals surface area contributed by atoms with Crippen LogP contribution in [0.25, 0.3) is 0 Å². The highest BCUT2D eigenvalue weighted by Crippen LogP contribution is 2.18. The second-order valence-corrected chi connectivity index (χ2v) is 5.33. The largest absolute Gasteiger partial charge is 0.478 e. The third-order valence-corrected chi connectivity index (χ3v) is 3.65. The van der Waals surface area contributed by atoms with Crippen LogP contribution < -0.4 is 5.32 Å². The molecule has 0 aliphatic carbocycles. The molecule has 1 aromatic heterocycles. The monoisotopic (exact) mass is 302 g/mol. The highest BCUT2D eigenvalue weighted by molar-refractivity contribution is 7.99. The summed E-state index contributed by atoms with van der Waals surface area (Å²) in [6.45, 7) is 0. The van der Waals surface area contributed by atoms with Gasteiger partial charge in [-0.1, -0.05) is 18.2 Å². The second kappa shape index (κ2) is 7.44. The maximum Gasteiger partial charge on any atom is 0.339 e. The highest BCUT2D eigenvalue weighted by atomic mass is 32.2. The fourth-order valence-corrected chi connectivity index (χ4v) is 2.52. The number of carbonyl (C=O) groups excluding carboxylic acids is 1. The van der Waals surface area contributed by atoms with Gasteiger partial charge in [-0.2, -0.15) is 0 Å². The molecule has 0 atom stereocenters. The number of benzene rings is 1. The zero-order valence-electron chi connectivity index (χ0n) is 11.2. The van der Waals surface area contributed by atoms with Crippen molar-refractivity contribution in [3.8, 4) is 0 Å². The van der Waals surface area contributed by atoms with Crippen LogP contribution in [0, 0.1) is 0 Å². The molecule has 0 unspecified atom stereocenters. The van der Waals surface area contributed by atoms with Gasteiger partial charge in [0.05, 0.1) is 0 Å². The van der Waals surface area contributed by atoms with E-state index in [1.165, 1.54) is 18.3 Å². The predicted molar refractivity (Wildman–Crippen MR) is 81.6 cm³/mol. The first kappa shape index (κ1) is 15.1. The Labute approximate surface area is 126 Å². The van der Waals surface area contributed by atoms with Crippen LogP contribution in [0.2, 0.25) is 0 Å². The number of carboxylic acids is 1. The number of nitrogens with zero attached hydrogens (tertiary/aromatic N) is 1. The van der Waals surface area contributed by atoms with Crippen molar-refractivity contribution >= 4 is 29.5 Å². The molecule has 6 heteroatoms. The van der Waals surface area contributed by atoms with Crippen LogP contribution in [0.3, 0.4) is 0 Å². The van der Waals surface area contributed by atoms with Crippen LogP contribution in [-0.2, 0) is 4.79 Å². The fourth-order valence-electron chi connectivity index (χ4n) is 1.65. The lowest BCUT2D eigenvalue weighted by atomic mass is 10.2. The number of aromatic carboxylic acids is 1. The van der Waals surface area contributed by atoms with Crippen molar-refractivity contribution in [3.05, 3.63) is 54.2 Å². The van der Waals surface area contributed by atoms with Crippen molar-refractivity contribution in [3.63, 3.8) is 0 Å².